The summed E-state index contributed by atoms with van der Waals surface area (Å²) in [6.07, 6.45) is 3.67. The summed E-state index contributed by atoms with van der Waals surface area (Å²) in [6, 6.07) is 7.77. The Bertz CT molecular complexity index is 591. The fraction of sp³-hybridized carbons (Fsp3) is 0.400. The second-order valence-electron chi connectivity index (χ2n) is 5.20. The van der Waals surface area contributed by atoms with Crippen LogP contribution in [-0.4, -0.2) is 40.6 Å². The Balaban J connectivity index is 1.76. The highest BCUT2D eigenvalue weighted by atomic mass is 16.3. The van der Waals surface area contributed by atoms with E-state index < -0.39 is 0 Å². The number of carbonyl (C=O) groups excluding carboxylic acids is 1. The SMILES string of the molecule is O=C(c1ccc2cc[nH]c2c1)N1CCC(CCO)C1. The van der Waals surface area contributed by atoms with Crippen molar-refractivity contribution in [1.29, 1.82) is 0 Å². The molecule has 4 heteroatoms. The van der Waals surface area contributed by atoms with Gasteiger partial charge in [0.2, 0.25) is 0 Å². The van der Waals surface area contributed by atoms with E-state index in [-0.39, 0.29) is 12.5 Å². The maximum absolute atomic E-state index is 12.4. The molecule has 1 atom stereocenters. The number of aromatic nitrogens is 1. The van der Waals surface area contributed by atoms with Crippen LogP contribution >= 0.6 is 0 Å². The van der Waals surface area contributed by atoms with Gasteiger partial charge in [0.15, 0.2) is 0 Å². The lowest BCUT2D eigenvalue weighted by atomic mass is 10.1. The average Bonchev–Trinajstić information content (AvgIpc) is 3.05. The van der Waals surface area contributed by atoms with Crippen LogP contribution in [0.1, 0.15) is 23.2 Å². The maximum atomic E-state index is 12.4. The number of carbonyl (C=O) groups is 1. The smallest absolute Gasteiger partial charge is 0.253 e. The zero-order chi connectivity index (χ0) is 13.2. The minimum atomic E-state index is 0.0944. The van der Waals surface area contributed by atoms with E-state index in [4.69, 9.17) is 5.11 Å². The molecule has 1 amide bonds. The van der Waals surface area contributed by atoms with Gasteiger partial charge >= 0.3 is 0 Å². The largest absolute Gasteiger partial charge is 0.396 e. The van der Waals surface area contributed by atoms with Crippen LogP contribution in [0.5, 0.6) is 0 Å². The molecule has 3 rings (SSSR count). The number of aromatic amines is 1. The summed E-state index contributed by atoms with van der Waals surface area (Å²) in [5.41, 5.74) is 1.73. The summed E-state index contributed by atoms with van der Waals surface area (Å²) in [6.45, 7) is 1.77. The van der Waals surface area contributed by atoms with E-state index in [1.165, 1.54) is 0 Å². The Labute approximate surface area is 112 Å². The van der Waals surface area contributed by atoms with Gasteiger partial charge in [0.1, 0.15) is 0 Å². The van der Waals surface area contributed by atoms with E-state index in [2.05, 4.69) is 4.98 Å². The van der Waals surface area contributed by atoms with Gasteiger partial charge < -0.3 is 15.0 Å². The number of aliphatic hydroxyl groups excluding tert-OH is 1. The lowest BCUT2D eigenvalue weighted by Gasteiger charge is -2.16. The van der Waals surface area contributed by atoms with Crippen molar-refractivity contribution in [3.05, 3.63) is 36.0 Å². The molecule has 100 valence electrons. The topological polar surface area (TPSA) is 56.3 Å². The van der Waals surface area contributed by atoms with Crippen molar-refractivity contribution in [2.45, 2.75) is 12.8 Å². The minimum Gasteiger partial charge on any atom is -0.396 e. The molecule has 1 aliphatic heterocycles. The van der Waals surface area contributed by atoms with Crippen LogP contribution < -0.4 is 0 Å². The van der Waals surface area contributed by atoms with Crippen LogP contribution in [0, 0.1) is 5.92 Å². The molecule has 1 aromatic carbocycles. The van der Waals surface area contributed by atoms with Crippen LogP contribution in [0.3, 0.4) is 0 Å². The molecule has 0 radical (unpaired) electrons. The third-order valence-corrected chi connectivity index (χ3v) is 3.91. The molecule has 2 N–H and O–H groups in total. The summed E-state index contributed by atoms with van der Waals surface area (Å²) in [5, 5.41) is 10.1. The Morgan fingerprint density at radius 3 is 3.16 bits per heavy atom. The van der Waals surface area contributed by atoms with Gasteiger partial charge in [-0.1, -0.05) is 6.07 Å². The highest BCUT2D eigenvalue weighted by Crippen LogP contribution is 2.22. The van der Waals surface area contributed by atoms with Gasteiger partial charge in [-0.15, -0.1) is 0 Å². The predicted octanol–water partition coefficient (Wildman–Crippen LogP) is 2.01. The molecule has 19 heavy (non-hydrogen) atoms. The molecular weight excluding hydrogens is 240 g/mol. The Morgan fingerprint density at radius 2 is 2.32 bits per heavy atom. The summed E-state index contributed by atoms with van der Waals surface area (Å²) in [4.78, 5) is 17.4. The van der Waals surface area contributed by atoms with Gasteiger partial charge in [-0.25, -0.2) is 0 Å². The summed E-state index contributed by atoms with van der Waals surface area (Å²) in [7, 11) is 0. The molecule has 4 nitrogen and oxygen atoms in total. The first kappa shape index (κ1) is 12.2. The predicted molar refractivity (Wildman–Crippen MR) is 74.0 cm³/mol. The molecule has 0 aliphatic carbocycles. The van der Waals surface area contributed by atoms with Crippen molar-refractivity contribution in [3.63, 3.8) is 0 Å². The maximum Gasteiger partial charge on any atom is 0.253 e. The van der Waals surface area contributed by atoms with Gasteiger partial charge in [-0.2, -0.15) is 0 Å². The normalized spacial score (nSPS) is 19.2. The van der Waals surface area contributed by atoms with Gasteiger partial charge in [0, 0.05) is 37.0 Å². The molecule has 1 fully saturated rings. The second kappa shape index (κ2) is 5.05. The number of likely N-dealkylation sites (tertiary alicyclic amines) is 1. The minimum absolute atomic E-state index is 0.0944. The number of hydrogen-bond acceptors (Lipinski definition) is 2. The molecule has 2 aromatic rings. The van der Waals surface area contributed by atoms with Crippen molar-refractivity contribution >= 4 is 16.8 Å². The Kier molecular flexibility index (Phi) is 3.25. The van der Waals surface area contributed by atoms with Crippen LogP contribution in [0.15, 0.2) is 30.5 Å². The number of amides is 1. The first-order valence-electron chi connectivity index (χ1n) is 6.75. The molecule has 1 unspecified atom stereocenters. The molecule has 1 saturated heterocycles. The third-order valence-electron chi connectivity index (χ3n) is 3.91. The number of nitrogens with zero attached hydrogens (tertiary/aromatic N) is 1. The van der Waals surface area contributed by atoms with Crippen molar-refractivity contribution in [3.8, 4) is 0 Å². The van der Waals surface area contributed by atoms with Crippen molar-refractivity contribution < 1.29 is 9.90 Å². The van der Waals surface area contributed by atoms with Crippen LogP contribution in [0.25, 0.3) is 10.9 Å². The van der Waals surface area contributed by atoms with Crippen molar-refractivity contribution in [2.24, 2.45) is 5.92 Å². The number of fused-ring (bicyclic) bond motifs is 1. The van der Waals surface area contributed by atoms with E-state index in [9.17, 15) is 4.79 Å². The second-order valence-corrected chi connectivity index (χ2v) is 5.20. The molecule has 0 spiro atoms. The Hall–Kier alpha value is -1.81. The van der Waals surface area contributed by atoms with Gasteiger partial charge in [-0.3, -0.25) is 4.79 Å². The quantitative estimate of drug-likeness (QED) is 0.885. The zero-order valence-electron chi connectivity index (χ0n) is 10.8. The van der Waals surface area contributed by atoms with E-state index in [1.54, 1.807) is 0 Å². The van der Waals surface area contributed by atoms with Crippen LogP contribution in [-0.2, 0) is 0 Å². The molecule has 0 saturated carbocycles. The summed E-state index contributed by atoms with van der Waals surface area (Å²) in [5.74, 6) is 0.542. The van der Waals surface area contributed by atoms with Gasteiger partial charge in [0.05, 0.1) is 0 Å². The summed E-state index contributed by atoms with van der Waals surface area (Å²) >= 11 is 0. The fourth-order valence-electron chi connectivity index (χ4n) is 2.80. The third kappa shape index (κ3) is 2.36. The van der Waals surface area contributed by atoms with Gasteiger partial charge in [-0.05, 0) is 42.3 Å². The molecule has 1 aromatic heterocycles. The lowest BCUT2D eigenvalue weighted by Crippen LogP contribution is -2.28. The highest BCUT2D eigenvalue weighted by Gasteiger charge is 2.26. The van der Waals surface area contributed by atoms with E-state index >= 15 is 0 Å². The lowest BCUT2D eigenvalue weighted by molar-refractivity contribution is 0.0785. The first-order valence-corrected chi connectivity index (χ1v) is 6.75. The first-order chi connectivity index (χ1) is 9.28. The molecular formula is C15H18N2O2. The van der Waals surface area contributed by atoms with Gasteiger partial charge in [0.25, 0.3) is 5.91 Å². The highest BCUT2D eigenvalue weighted by molar-refractivity contribution is 5.98. The Morgan fingerprint density at radius 1 is 1.42 bits per heavy atom. The van der Waals surface area contributed by atoms with Crippen molar-refractivity contribution in [1.82, 2.24) is 9.88 Å². The molecule has 2 heterocycles. The van der Waals surface area contributed by atoms with Crippen molar-refractivity contribution in [2.75, 3.05) is 19.7 Å². The number of benzene rings is 1. The number of aliphatic hydroxyl groups is 1. The average molecular weight is 258 g/mol. The van der Waals surface area contributed by atoms with E-state index in [0.717, 1.165) is 42.4 Å². The molecule has 0 bridgehead atoms. The number of H-pyrrole nitrogens is 1. The van der Waals surface area contributed by atoms with Crippen LogP contribution in [0.2, 0.25) is 0 Å². The summed E-state index contributed by atoms with van der Waals surface area (Å²) < 4.78 is 0. The zero-order valence-corrected chi connectivity index (χ0v) is 10.8. The van der Waals surface area contributed by atoms with E-state index in [0.29, 0.717) is 5.92 Å². The molecule has 1 aliphatic rings. The number of rotatable bonds is 3. The number of nitrogens with one attached hydrogen (secondary N) is 1. The fourth-order valence-corrected chi connectivity index (χ4v) is 2.80. The standard InChI is InChI=1S/C15H18N2O2/c18-8-5-11-4-7-17(10-11)15(19)13-2-1-12-3-6-16-14(12)9-13/h1-3,6,9,11,16,18H,4-5,7-8,10H2. The van der Waals surface area contributed by atoms with Crippen LogP contribution in [0.4, 0.5) is 0 Å². The number of hydrogen-bond donors (Lipinski definition) is 2. The van der Waals surface area contributed by atoms with E-state index in [1.807, 2.05) is 35.4 Å². The monoisotopic (exact) mass is 258 g/mol.